The van der Waals surface area contributed by atoms with Gasteiger partial charge in [0.25, 0.3) is 0 Å². The van der Waals surface area contributed by atoms with Crippen LogP contribution < -0.4 is 5.32 Å². The SMILES string of the molecule is N#Cc1ccc2c(c1)CN(S(=O)(=O)c1ccccc1)C(Cc1ccccc1)CN2. The third-order valence-corrected chi connectivity index (χ3v) is 7.07. The van der Waals surface area contributed by atoms with Crippen LogP contribution >= 0.6 is 0 Å². The van der Waals surface area contributed by atoms with E-state index in [-0.39, 0.29) is 17.5 Å². The van der Waals surface area contributed by atoms with E-state index in [0.29, 0.717) is 18.5 Å². The molecule has 0 spiro atoms. The number of rotatable bonds is 4. The number of nitrogens with one attached hydrogen (secondary N) is 1. The second-order valence-electron chi connectivity index (χ2n) is 7.07. The molecular formula is C23H21N3O2S. The van der Waals surface area contributed by atoms with Crippen molar-refractivity contribution < 1.29 is 8.42 Å². The maximum atomic E-state index is 13.5. The fraction of sp³-hybridized carbons (Fsp3) is 0.174. The van der Waals surface area contributed by atoms with Crippen LogP contribution in [0.1, 0.15) is 16.7 Å². The van der Waals surface area contributed by atoms with Crippen molar-refractivity contribution in [3.63, 3.8) is 0 Å². The van der Waals surface area contributed by atoms with Gasteiger partial charge in [-0.25, -0.2) is 8.42 Å². The second-order valence-corrected chi connectivity index (χ2v) is 8.96. The van der Waals surface area contributed by atoms with Crippen LogP contribution in [0.4, 0.5) is 5.69 Å². The first-order valence-corrected chi connectivity index (χ1v) is 10.9. The topological polar surface area (TPSA) is 73.2 Å². The molecule has 1 aliphatic heterocycles. The molecule has 1 heterocycles. The number of sulfonamides is 1. The second kappa shape index (κ2) is 8.08. The lowest BCUT2D eigenvalue weighted by molar-refractivity contribution is 0.326. The Labute approximate surface area is 171 Å². The fourth-order valence-electron chi connectivity index (χ4n) is 3.66. The lowest BCUT2D eigenvalue weighted by Gasteiger charge is -2.29. The van der Waals surface area contributed by atoms with Gasteiger partial charge in [-0.2, -0.15) is 9.57 Å². The van der Waals surface area contributed by atoms with Crippen molar-refractivity contribution in [1.82, 2.24) is 4.31 Å². The van der Waals surface area contributed by atoms with E-state index in [1.54, 1.807) is 46.8 Å². The summed E-state index contributed by atoms with van der Waals surface area (Å²) in [6.07, 6.45) is 0.596. The Hall–Kier alpha value is -3.14. The smallest absolute Gasteiger partial charge is 0.243 e. The first-order chi connectivity index (χ1) is 14.1. The molecule has 1 N–H and O–H groups in total. The summed E-state index contributed by atoms with van der Waals surface area (Å²) in [5.41, 5.74) is 3.27. The molecule has 3 aromatic carbocycles. The molecule has 1 aliphatic rings. The highest BCUT2D eigenvalue weighted by Gasteiger charge is 2.34. The third kappa shape index (κ3) is 4.02. The standard InChI is InChI=1S/C23H21N3O2S/c24-15-19-11-12-23-20(13-19)17-26(29(27,28)22-9-5-2-6-10-22)21(16-25-23)14-18-7-3-1-4-8-18/h1-13,21,25H,14,16-17H2. The quantitative estimate of drug-likeness (QED) is 0.719. The lowest BCUT2D eigenvalue weighted by Crippen LogP contribution is -2.43. The maximum Gasteiger partial charge on any atom is 0.243 e. The van der Waals surface area contributed by atoms with Crippen LogP contribution in [0.3, 0.4) is 0 Å². The number of fused-ring (bicyclic) bond motifs is 1. The zero-order chi connectivity index (χ0) is 20.3. The summed E-state index contributed by atoms with van der Waals surface area (Å²) < 4.78 is 28.6. The van der Waals surface area contributed by atoms with Crippen LogP contribution in [0.15, 0.2) is 83.8 Å². The van der Waals surface area contributed by atoms with Crippen molar-refractivity contribution >= 4 is 15.7 Å². The van der Waals surface area contributed by atoms with Crippen LogP contribution in [-0.2, 0) is 23.0 Å². The molecule has 0 saturated heterocycles. The predicted octanol–water partition coefficient (Wildman–Crippen LogP) is 3.79. The van der Waals surface area contributed by atoms with E-state index >= 15 is 0 Å². The Balaban J connectivity index is 1.77. The Morgan fingerprint density at radius 3 is 2.38 bits per heavy atom. The highest BCUT2D eigenvalue weighted by atomic mass is 32.2. The van der Waals surface area contributed by atoms with Crippen LogP contribution in [0, 0.1) is 11.3 Å². The van der Waals surface area contributed by atoms with Crippen molar-refractivity contribution in [2.24, 2.45) is 0 Å². The average Bonchev–Trinajstić information content (AvgIpc) is 2.94. The first-order valence-electron chi connectivity index (χ1n) is 9.45. The van der Waals surface area contributed by atoms with Crippen molar-refractivity contribution in [2.45, 2.75) is 23.9 Å². The normalized spacial score (nSPS) is 16.9. The maximum absolute atomic E-state index is 13.5. The molecule has 0 saturated carbocycles. The number of nitriles is 1. The van der Waals surface area contributed by atoms with Gasteiger partial charge in [-0.15, -0.1) is 0 Å². The van der Waals surface area contributed by atoms with Crippen molar-refractivity contribution in [3.8, 4) is 6.07 Å². The Morgan fingerprint density at radius 2 is 1.69 bits per heavy atom. The Bertz CT molecular complexity index is 1140. The molecule has 1 unspecified atom stereocenters. The summed E-state index contributed by atoms with van der Waals surface area (Å²) in [7, 11) is -3.71. The zero-order valence-corrected chi connectivity index (χ0v) is 16.6. The van der Waals surface area contributed by atoms with E-state index in [9.17, 15) is 13.7 Å². The lowest BCUT2D eigenvalue weighted by atomic mass is 10.1. The molecule has 29 heavy (non-hydrogen) atoms. The summed E-state index contributed by atoms with van der Waals surface area (Å²) in [4.78, 5) is 0.276. The molecule has 0 bridgehead atoms. The van der Waals surface area contributed by atoms with E-state index in [1.807, 2.05) is 36.4 Å². The van der Waals surface area contributed by atoms with Crippen LogP contribution in [0.25, 0.3) is 0 Å². The van der Waals surface area contributed by atoms with Gasteiger partial charge in [0.1, 0.15) is 0 Å². The van der Waals surface area contributed by atoms with Gasteiger partial charge in [0, 0.05) is 24.8 Å². The molecular weight excluding hydrogens is 382 g/mol. The van der Waals surface area contributed by atoms with Gasteiger partial charge in [0.05, 0.1) is 16.5 Å². The van der Waals surface area contributed by atoms with Crippen molar-refractivity contribution in [2.75, 3.05) is 11.9 Å². The minimum Gasteiger partial charge on any atom is -0.383 e. The summed E-state index contributed by atoms with van der Waals surface area (Å²) in [6.45, 7) is 0.701. The van der Waals surface area contributed by atoms with Gasteiger partial charge in [0.2, 0.25) is 10.0 Å². The number of anilines is 1. The van der Waals surface area contributed by atoms with Crippen LogP contribution in [0.2, 0.25) is 0 Å². The minimum atomic E-state index is -3.71. The Kier molecular flexibility index (Phi) is 5.34. The molecule has 1 atom stereocenters. The van der Waals surface area contributed by atoms with E-state index < -0.39 is 10.0 Å². The van der Waals surface area contributed by atoms with E-state index in [2.05, 4.69) is 11.4 Å². The Morgan fingerprint density at radius 1 is 1.00 bits per heavy atom. The first kappa shape index (κ1) is 19.2. The monoisotopic (exact) mass is 403 g/mol. The molecule has 0 aromatic heterocycles. The van der Waals surface area contributed by atoms with E-state index in [1.165, 1.54) is 0 Å². The summed E-state index contributed by atoms with van der Waals surface area (Å²) >= 11 is 0. The molecule has 0 aliphatic carbocycles. The minimum absolute atomic E-state index is 0.215. The van der Waals surface area contributed by atoms with Crippen molar-refractivity contribution in [1.29, 1.82) is 5.26 Å². The highest BCUT2D eigenvalue weighted by Crippen LogP contribution is 2.29. The number of hydrogen-bond acceptors (Lipinski definition) is 4. The predicted molar refractivity (Wildman–Crippen MR) is 113 cm³/mol. The number of hydrogen-bond donors (Lipinski definition) is 1. The molecule has 3 aromatic rings. The third-order valence-electron chi connectivity index (χ3n) is 5.16. The molecule has 146 valence electrons. The molecule has 0 fully saturated rings. The molecule has 0 radical (unpaired) electrons. The number of nitrogens with zero attached hydrogens (tertiary/aromatic N) is 2. The fourth-order valence-corrected chi connectivity index (χ4v) is 5.28. The van der Waals surface area contributed by atoms with Crippen LogP contribution in [-0.4, -0.2) is 25.3 Å². The molecule has 0 amide bonds. The average molecular weight is 404 g/mol. The summed E-state index contributed by atoms with van der Waals surface area (Å²) in [5.74, 6) is 0. The molecule has 4 rings (SSSR count). The van der Waals surface area contributed by atoms with Gasteiger partial charge in [0.15, 0.2) is 0 Å². The van der Waals surface area contributed by atoms with Gasteiger partial charge in [-0.1, -0.05) is 48.5 Å². The summed E-state index contributed by atoms with van der Waals surface area (Å²) in [6, 6.07) is 25.7. The summed E-state index contributed by atoms with van der Waals surface area (Å²) in [5, 5.41) is 12.6. The van der Waals surface area contributed by atoms with Crippen molar-refractivity contribution in [3.05, 3.63) is 95.6 Å². The van der Waals surface area contributed by atoms with E-state index in [4.69, 9.17) is 0 Å². The van der Waals surface area contributed by atoms with Gasteiger partial charge in [-0.3, -0.25) is 0 Å². The zero-order valence-electron chi connectivity index (χ0n) is 15.8. The van der Waals surface area contributed by atoms with Gasteiger partial charge >= 0.3 is 0 Å². The molecule has 5 nitrogen and oxygen atoms in total. The van der Waals surface area contributed by atoms with Crippen LogP contribution in [0.5, 0.6) is 0 Å². The number of benzene rings is 3. The van der Waals surface area contributed by atoms with Gasteiger partial charge < -0.3 is 5.32 Å². The van der Waals surface area contributed by atoms with E-state index in [0.717, 1.165) is 16.8 Å². The molecule has 6 heteroatoms. The van der Waals surface area contributed by atoms with Gasteiger partial charge in [-0.05, 0) is 47.9 Å². The largest absolute Gasteiger partial charge is 0.383 e. The highest BCUT2D eigenvalue weighted by molar-refractivity contribution is 7.89.